The Balaban J connectivity index is 1.82. The van der Waals surface area contributed by atoms with Crippen LogP contribution in [0.15, 0.2) is 22.7 Å². The number of rotatable bonds is 6. The van der Waals surface area contributed by atoms with E-state index in [0.717, 1.165) is 24.7 Å². The number of allylic oxidation sites excluding steroid dienone is 1. The quantitative estimate of drug-likeness (QED) is 0.337. The van der Waals surface area contributed by atoms with E-state index in [9.17, 15) is 4.79 Å². The Morgan fingerprint density at radius 2 is 2.23 bits per heavy atom. The van der Waals surface area contributed by atoms with Crippen LogP contribution in [-0.2, 0) is 9.53 Å². The topological polar surface area (TPSA) is 26.3 Å². The van der Waals surface area contributed by atoms with Gasteiger partial charge in [0.2, 0.25) is 0 Å². The van der Waals surface area contributed by atoms with Gasteiger partial charge in [0.15, 0.2) is 0 Å². The molecule has 0 amide bonds. The molecule has 0 spiro atoms. The smallest absolute Gasteiger partial charge is 0.333 e. The number of ether oxygens (including phenoxy) is 1. The summed E-state index contributed by atoms with van der Waals surface area (Å²) in [5.74, 6) is 1.37. The van der Waals surface area contributed by atoms with Gasteiger partial charge >= 0.3 is 5.97 Å². The van der Waals surface area contributed by atoms with Crippen molar-refractivity contribution in [2.75, 3.05) is 7.11 Å². The highest BCUT2D eigenvalue weighted by atomic mass is 79.9. The monoisotopic (exact) mass is 368 g/mol. The number of unbranched alkanes of at least 4 members (excludes halogenated alkanes) is 1. The number of carbonyl (C=O) groups excluding carboxylic acids is 1. The zero-order valence-electron chi connectivity index (χ0n) is 14.0. The predicted molar refractivity (Wildman–Crippen MR) is 94.8 cm³/mol. The molecule has 0 saturated heterocycles. The van der Waals surface area contributed by atoms with E-state index in [2.05, 4.69) is 34.4 Å². The number of hydrogen-bond acceptors (Lipinski definition) is 2. The highest BCUT2D eigenvalue weighted by Gasteiger charge is 2.48. The first-order valence-corrected chi connectivity index (χ1v) is 9.49. The number of fused-ring (bicyclic) bond motifs is 1. The van der Waals surface area contributed by atoms with Crippen LogP contribution in [0.2, 0.25) is 0 Å². The van der Waals surface area contributed by atoms with E-state index in [1.54, 1.807) is 5.57 Å². The van der Waals surface area contributed by atoms with Crippen molar-refractivity contribution in [1.29, 1.82) is 0 Å². The van der Waals surface area contributed by atoms with E-state index < -0.39 is 0 Å². The molecule has 2 aliphatic rings. The lowest BCUT2D eigenvalue weighted by Gasteiger charge is -2.42. The van der Waals surface area contributed by atoms with E-state index in [1.165, 1.54) is 52.1 Å². The molecule has 3 atom stereocenters. The Morgan fingerprint density at radius 3 is 2.91 bits per heavy atom. The van der Waals surface area contributed by atoms with Crippen molar-refractivity contribution in [1.82, 2.24) is 0 Å². The minimum atomic E-state index is -0.257. The van der Waals surface area contributed by atoms with Crippen molar-refractivity contribution in [2.24, 2.45) is 17.3 Å². The first kappa shape index (κ1) is 17.8. The molecule has 0 radical (unpaired) electrons. The maximum absolute atomic E-state index is 11.3. The molecule has 2 aliphatic carbocycles. The van der Waals surface area contributed by atoms with Crippen LogP contribution >= 0.6 is 15.9 Å². The molecule has 3 unspecified atom stereocenters. The second-order valence-electron chi connectivity index (χ2n) is 7.21. The van der Waals surface area contributed by atoms with E-state index >= 15 is 0 Å². The fourth-order valence-electron chi connectivity index (χ4n) is 4.73. The molecule has 0 bridgehead atoms. The van der Waals surface area contributed by atoms with Crippen LogP contribution < -0.4 is 0 Å². The molecule has 2 nitrogen and oxygen atoms in total. The number of methoxy groups -OCH3 is 1. The van der Waals surface area contributed by atoms with E-state index in [-0.39, 0.29) is 5.97 Å². The van der Waals surface area contributed by atoms with Gasteiger partial charge in [-0.15, -0.1) is 0 Å². The van der Waals surface area contributed by atoms with Crippen molar-refractivity contribution in [3.63, 3.8) is 0 Å². The lowest BCUT2D eigenvalue weighted by molar-refractivity contribution is -0.136. The molecule has 0 N–H and O–H groups in total. The van der Waals surface area contributed by atoms with E-state index in [0.29, 0.717) is 11.0 Å². The van der Waals surface area contributed by atoms with Crippen molar-refractivity contribution < 1.29 is 9.53 Å². The first-order chi connectivity index (χ1) is 10.5. The van der Waals surface area contributed by atoms with Gasteiger partial charge in [-0.3, -0.25) is 0 Å². The number of halogens is 1. The van der Waals surface area contributed by atoms with Crippen molar-refractivity contribution in [3.05, 3.63) is 22.7 Å². The first-order valence-electron chi connectivity index (χ1n) is 8.58. The van der Waals surface area contributed by atoms with Crippen LogP contribution in [0.5, 0.6) is 0 Å². The van der Waals surface area contributed by atoms with Gasteiger partial charge in [0.1, 0.15) is 0 Å². The molecule has 124 valence electrons. The fraction of sp³-hybridized carbons (Fsp3) is 0.737. The Bertz CT molecular complexity index is 454. The maximum atomic E-state index is 11.3. The van der Waals surface area contributed by atoms with Gasteiger partial charge in [0.05, 0.1) is 7.11 Å². The second-order valence-corrected chi connectivity index (χ2v) is 7.67. The average Bonchev–Trinajstić information content (AvgIpc) is 2.86. The van der Waals surface area contributed by atoms with Gasteiger partial charge < -0.3 is 4.74 Å². The van der Waals surface area contributed by atoms with Gasteiger partial charge in [-0.25, -0.2) is 4.79 Å². The Kier molecular flexibility index (Phi) is 6.31. The Labute approximate surface area is 143 Å². The summed E-state index contributed by atoms with van der Waals surface area (Å²) in [6, 6.07) is 0. The van der Waals surface area contributed by atoms with Gasteiger partial charge in [-0.1, -0.05) is 41.4 Å². The lowest BCUT2D eigenvalue weighted by atomic mass is 9.63. The number of carbonyl (C=O) groups is 1. The summed E-state index contributed by atoms with van der Waals surface area (Å²) in [6.45, 7) is 6.32. The fourth-order valence-corrected chi connectivity index (χ4v) is 5.27. The average molecular weight is 369 g/mol. The molecule has 2 fully saturated rings. The summed E-state index contributed by atoms with van der Waals surface area (Å²) in [7, 11) is 1.42. The number of hydrogen-bond donors (Lipinski definition) is 0. The highest BCUT2D eigenvalue weighted by Crippen LogP contribution is 2.58. The van der Waals surface area contributed by atoms with Crippen molar-refractivity contribution >= 4 is 21.9 Å². The van der Waals surface area contributed by atoms with Crippen LogP contribution in [0.4, 0.5) is 0 Å². The van der Waals surface area contributed by atoms with Crippen LogP contribution in [0, 0.1) is 17.3 Å². The Morgan fingerprint density at radius 1 is 1.45 bits per heavy atom. The summed E-state index contributed by atoms with van der Waals surface area (Å²) >= 11 is 3.58. The van der Waals surface area contributed by atoms with Gasteiger partial charge in [-0.2, -0.15) is 0 Å². The molecule has 0 aromatic heterocycles. The molecule has 0 aromatic rings. The molecule has 3 heteroatoms. The second kappa shape index (κ2) is 7.81. The van der Waals surface area contributed by atoms with Gasteiger partial charge in [-0.05, 0) is 73.6 Å². The summed E-state index contributed by atoms with van der Waals surface area (Å²) in [5.41, 5.74) is 2.74. The molecule has 0 aliphatic heterocycles. The normalized spacial score (nSPS) is 32.8. The summed E-state index contributed by atoms with van der Waals surface area (Å²) in [6.07, 6.45) is 11.0. The summed E-state index contributed by atoms with van der Waals surface area (Å²) in [5, 5.41) is 0. The third-order valence-electron chi connectivity index (χ3n) is 6.06. The minimum absolute atomic E-state index is 0.257. The number of esters is 1. The minimum Gasteiger partial charge on any atom is -0.466 e. The molecule has 22 heavy (non-hydrogen) atoms. The SMILES string of the molecule is C=C(CCCCC1CCC2/C(=C/Br)CCCC12C)C(=O)OC. The van der Waals surface area contributed by atoms with Gasteiger partial charge in [0, 0.05) is 5.57 Å². The van der Waals surface area contributed by atoms with E-state index in [4.69, 9.17) is 4.74 Å². The zero-order valence-corrected chi connectivity index (χ0v) is 15.6. The van der Waals surface area contributed by atoms with Gasteiger partial charge in [0.25, 0.3) is 0 Å². The third kappa shape index (κ3) is 3.67. The Hall–Kier alpha value is -0.570. The summed E-state index contributed by atoms with van der Waals surface area (Å²) < 4.78 is 4.70. The van der Waals surface area contributed by atoms with Crippen molar-refractivity contribution in [2.45, 2.75) is 64.7 Å². The standard InChI is InChI=1S/C19H29BrO2/c1-14(18(21)22-3)7-4-5-9-16-10-11-17-15(13-20)8-6-12-19(16,17)2/h13,16-17H,1,4-12H2,2-3H3/b15-13+. The van der Waals surface area contributed by atoms with Crippen LogP contribution in [0.1, 0.15) is 64.7 Å². The molecular weight excluding hydrogens is 340 g/mol. The van der Waals surface area contributed by atoms with Crippen LogP contribution in [-0.4, -0.2) is 13.1 Å². The van der Waals surface area contributed by atoms with Crippen molar-refractivity contribution in [3.8, 4) is 0 Å². The predicted octanol–water partition coefficient (Wildman–Crippen LogP) is 5.77. The van der Waals surface area contributed by atoms with Crippen LogP contribution in [0.25, 0.3) is 0 Å². The van der Waals surface area contributed by atoms with Crippen LogP contribution in [0.3, 0.4) is 0 Å². The molecular formula is C19H29BrO2. The molecule has 0 aromatic carbocycles. The maximum Gasteiger partial charge on any atom is 0.333 e. The highest BCUT2D eigenvalue weighted by molar-refractivity contribution is 9.11. The molecule has 2 rings (SSSR count). The summed E-state index contributed by atoms with van der Waals surface area (Å²) in [4.78, 5) is 13.5. The molecule has 0 heterocycles. The van der Waals surface area contributed by atoms with E-state index in [1.807, 2.05) is 0 Å². The lowest BCUT2D eigenvalue weighted by Crippen LogP contribution is -2.33. The zero-order chi connectivity index (χ0) is 16.2. The third-order valence-corrected chi connectivity index (χ3v) is 6.64. The molecule has 2 saturated carbocycles. The largest absolute Gasteiger partial charge is 0.466 e.